The number of hydrogen-bond acceptors (Lipinski definition) is 5. The average molecular weight is 387 g/mol. The van der Waals surface area contributed by atoms with E-state index < -0.39 is 0 Å². The molecule has 2 aliphatic heterocycles. The van der Waals surface area contributed by atoms with Gasteiger partial charge in [-0.1, -0.05) is 0 Å². The molecule has 9 heteroatoms. The predicted octanol–water partition coefficient (Wildman–Crippen LogP) is 0.968. The van der Waals surface area contributed by atoms with Gasteiger partial charge < -0.3 is 14.7 Å². The maximum Gasteiger partial charge on any atom is 0.257 e. The van der Waals surface area contributed by atoms with Crippen molar-refractivity contribution in [3.05, 3.63) is 34.5 Å². The molecule has 0 radical (unpaired) electrons. The number of nitrogens with zero attached hydrogens (tertiary/aromatic N) is 5. The van der Waals surface area contributed by atoms with Crippen LogP contribution >= 0.6 is 11.3 Å². The molecule has 0 saturated heterocycles. The molecule has 4 rings (SSSR count). The first kappa shape index (κ1) is 17.7. The summed E-state index contributed by atoms with van der Waals surface area (Å²) in [7, 11) is 1.66. The fourth-order valence-corrected chi connectivity index (χ4v) is 5.06. The second kappa shape index (κ2) is 6.80. The van der Waals surface area contributed by atoms with E-state index in [2.05, 4.69) is 5.10 Å². The van der Waals surface area contributed by atoms with E-state index in [-0.39, 0.29) is 30.8 Å². The zero-order chi connectivity index (χ0) is 19.1. The molecule has 2 aliphatic rings. The molecule has 2 aromatic rings. The van der Waals surface area contributed by atoms with E-state index in [1.165, 1.54) is 16.2 Å². The Morgan fingerprint density at radius 2 is 2.11 bits per heavy atom. The Bertz CT molecular complexity index is 904. The van der Waals surface area contributed by atoms with E-state index in [1.54, 1.807) is 40.0 Å². The number of carbonyl (C=O) groups is 3. The molecule has 27 heavy (non-hydrogen) atoms. The van der Waals surface area contributed by atoms with Crippen molar-refractivity contribution < 1.29 is 14.4 Å². The van der Waals surface area contributed by atoms with E-state index in [0.717, 1.165) is 15.4 Å². The van der Waals surface area contributed by atoms with E-state index >= 15 is 0 Å². The maximum absolute atomic E-state index is 12.9. The van der Waals surface area contributed by atoms with Crippen molar-refractivity contribution in [1.29, 1.82) is 0 Å². The van der Waals surface area contributed by atoms with Crippen molar-refractivity contribution >= 4 is 34.1 Å². The SMILES string of the molecule is CCN1C(=O)CN(C)C(=O)c2c1sc1c2CCN(C(=O)Cn2cccn2)C1. The topological polar surface area (TPSA) is 78.8 Å². The average Bonchev–Trinajstić information content (AvgIpc) is 3.26. The third-order valence-corrected chi connectivity index (χ3v) is 6.28. The molecule has 0 aliphatic carbocycles. The van der Waals surface area contributed by atoms with Gasteiger partial charge in [-0.3, -0.25) is 19.1 Å². The summed E-state index contributed by atoms with van der Waals surface area (Å²) in [6.07, 6.45) is 4.04. The molecule has 0 atom stereocenters. The van der Waals surface area contributed by atoms with Gasteiger partial charge in [0.1, 0.15) is 18.1 Å². The van der Waals surface area contributed by atoms with Crippen LogP contribution in [0.15, 0.2) is 18.5 Å². The van der Waals surface area contributed by atoms with Crippen molar-refractivity contribution in [2.45, 2.75) is 26.4 Å². The number of fused-ring (bicyclic) bond motifs is 3. The Morgan fingerprint density at radius 3 is 2.81 bits per heavy atom. The summed E-state index contributed by atoms with van der Waals surface area (Å²) in [4.78, 5) is 43.9. The second-order valence-electron chi connectivity index (χ2n) is 6.75. The number of thiophene rings is 1. The summed E-state index contributed by atoms with van der Waals surface area (Å²) in [5, 5.41) is 4.81. The van der Waals surface area contributed by atoms with Crippen LogP contribution in [0.3, 0.4) is 0 Å². The minimum Gasteiger partial charge on any atom is -0.336 e. The quantitative estimate of drug-likeness (QED) is 0.786. The molecule has 2 aromatic heterocycles. The van der Waals surface area contributed by atoms with Gasteiger partial charge >= 0.3 is 0 Å². The molecule has 0 spiro atoms. The molecule has 0 fully saturated rings. The highest BCUT2D eigenvalue weighted by molar-refractivity contribution is 7.17. The summed E-state index contributed by atoms with van der Waals surface area (Å²) < 4.78 is 1.61. The van der Waals surface area contributed by atoms with Crippen LogP contribution in [0.1, 0.15) is 27.7 Å². The number of amides is 3. The van der Waals surface area contributed by atoms with Crippen LogP contribution in [-0.2, 0) is 29.1 Å². The fraction of sp³-hybridized carbons (Fsp3) is 0.444. The largest absolute Gasteiger partial charge is 0.336 e. The molecule has 4 heterocycles. The van der Waals surface area contributed by atoms with Crippen molar-refractivity contribution in [3.63, 3.8) is 0 Å². The smallest absolute Gasteiger partial charge is 0.257 e. The summed E-state index contributed by atoms with van der Waals surface area (Å²) in [5.74, 6) is -0.180. The molecule has 0 aromatic carbocycles. The maximum atomic E-state index is 12.9. The van der Waals surface area contributed by atoms with E-state index in [9.17, 15) is 14.4 Å². The zero-order valence-corrected chi connectivity index (χ0v) is 16.2. The van der Waals surface area contributed by atoms with Crippen LogP contribution in [0, 0.1) is 0 Å². The first-order valence-electron chi connectivity index (χ1n) is 8.95. The minimum atomic E-state index is -0.108. The van der Waals surface area contributed by atoms with Gasteiger partial charge in [0, 0.05) is 37.4 Å². The minimum absolute atomic E-state index is 0.000173. The molecule has 0 unspecified atom stereocenters. The van der Waals surface area contributed by atoms with Crippen LogP contribution < -0.4 is 4.90 Å². The lowest BCUT2D eigenvalue weighted by Gasteiger charge is -2.27. The molecule has 142 valence electrons. The van der Waals surface area contributed by atoms with Gasteiger partial charge in [0.25, 0.3) is 5.91 Å². The van der Waals surface area contributed by atoms with Crippen LogP contribution in [0.5, 0.6) is 0 Å². The zero-order valence-electron chi connectivity index (χ0n) is 15.3. The Labute approximate surface area is 161 Å². The van der Waals surface area contributed by atoms with Crippen LogP contribution in [0.25, 0.3) is 0 Å². The number of likely N-dealkylation sites (N-methyl/N-ethyl adjacent to an activating group) is 2. The molecule has 8 nitrogen and oxygen atoms in total. The number of aromatic nitrogens is 2. The highest BCUT2D eigenvalue weighted by Crippen LogP contribution is 2.41. The number of rotatable bonds is 3. The van der Waals surface area contributed by atoms with Crippen molar-refractivity contribution in [1.82, 2.24) is 19.6 Å². The number of carbonyl (C=O) groups excluding carboxylic acids is 3. The first-order chi connectivity index (χ1) is 13.0. The van der Waals surface area contributed by atoms with Crippen LogP contribution in [-0.4, -0.2) is 64.0 Å². The lowest BCUT2D eigenvalue weighted by molar-refractivity contribution is -0.132. The van der Waals surface area contributed by atoms with Crippen LogP contribution in [0.4, 0.5) is 5.00 Å². The monoisotopic (exact) mass is 387 g/mol. The molecular formula is C18H21N5O3S. The summed E-state index contributed by atoms with van der Waals surface area (Å²) >= 11 is 1.46. The summed E-state index contributed by atoms with van der Waals surface area (Å²) in [5.41, 5.74) is 1.63. The predicted molar refractivity (Wildman–Crippen MR) is 101 cm³/mol. The van der Waals surface area contributed by atoms with Gasteiger partial charge in [0.05, 0.1) is 12.1 Å². The van der Waals surface area contributed by atoms with Crippen LogP contribution in [0.2, 0.25) is 0 Å². The van der Waals surface area contributed by atoms with Gasteiger partial charge in [0.15, 0.2) is 0 Å². The molecule has 3 amide bonds. The Hall–Kier alpha value is -2.68. The van der Waals surface area contributed by atoms with Gasteiger partial charge in [-0.2, -0.15) is 5.10 Å². The molecular weight excluding hydrogens is 366 g/mol. The van der Waals surface area contributed by atoms with Gasteiger partial charge in [-0.25, -0.2) is 0 Å². The third kappa shape index (κ3) is 3.01. The standard InChI is InChI=1S/C18H21N5O3S/c1-3-23-15(25)10-20(2)17(26)16-12-5-8-21(9-13(12)27-18(16)23)14(24)11-22-7-4-6-19-22/h4,6-7H,3,5,8-11H2,1-2H3. The lowest BCUT2D eigenvalue weighted by Crippen LogP contribution is -2.39. The third-order valence-electron chi connectivity index (χ3n) is 5.04. The molecule has 0 N–H and O–H groups in total. The van der Waals surface area contributed by atoms with Crippen molar-refractivity contribution in [3.8, 4) is 0 Å². The second-order valence-corrected chi connectivity index (χ2v) is 7.84. The summed E-state index contributed by atoms with van der Waals surface area (Å²) in [6.45, 7) is 3.76. The Balaban J connectivity index is 1.64. The van der Waals surface area contributed by atoms with E-state index in [0.29, 0.717) is 31.6 Å². The highest BCUT2D eigenvalue weighted by atomic mass is 32.1. The van der Waals surface area contributed by atoms with E-state index in [1.807, 2.05) is 6.92 Å². The van der Waals surface area contributed by atoms with Gasteiger partial charge in [0.2, 0.25) is 11.8 Å². The fourth-order valence-electron chi connectivity index (χ4n) is 3.63. The Kier molecular flexibility index (Phi) is 4.47. The molecule has 0 saturated carbocycles. The van der Waals surface area contributed by atoms with Gasteiger partial charge in [-0.15, -0.1) is 11.3 Å². The van der Waals surface area contributed by atoms with Crippen molar-refractivity contribution in [2.75, 3.05) is 31.6 Å². The number of anilines is 1. The summed E-state index contributed by atoms with van der Waals surface area (Å²) in [6, 6.07) is 1.79. The Morgan fingerprint density at radius 1 is 1.30 bits per heavy atom. The lowest BCUT2D eigenvalue weighted by atomic mass is 10.0. The van der Waals surface area contributed by atoms with E-state index in [4.69, 9.17) is 0 Å². The highest BCUT2D eigenvalue weighted by Gasteiger charge is 2.36. The number of hydrogen-bond donors (Lipinski definition) is 0. The molecule has 0 bridgehead atoms. The van der Waals surface area contributed by atoms with Crippen molar-refractivity contribution in [2.24, 2.45) is 0 Å². The normalized spacial score (nSPS) is 17.0. The van der Waals surface area contributed by atoms with Gasteiger partial charge in [-0.05, 0) is 25.0 Å². The first-order valence-corrected chi connectivity index (χ1v) is 9.76.